The second-order valence-electron chi connectivity index (χ2n) is 6.76. The summed E-state index contributed by atoms with van der Waals surface area (Å²) in [5, 5.41) is 1.30. The van der Waals surface area contributed by atoms with E-state index < -0.39 is 5.82 Å². The molecule has 0 aliphatic rings. The molecule has 30 heavy (non-hydrogen) atoms. The first-order chi connectivity index (χ1) is 14.7. The standard InChI is InChI=1S/C24H14ClFN4/c25-18-5-6-22(26)21(10-18)23-11-20(19-4-2-8-29-24(19)30-23)17-9-16(13-28-14-17)15-3-1-7-27-12-15/h1-14H. The molecule has 0 saturated heterocycles. The highest BCUT2D eigenvalue weighted by Gasteiger charge is 2.14. The van der Waals surface area contributed by atoms with Crippen LogP contribution in [0.3, 0.4) is 0 Å². The number of aromatic nitrogens is 4. The van der Waals surface area contributed by atoms with Crippen LogP contribution in [-0.2, 0) is 0 Å². The molecule has 0 amide bonds. The van der Waals surface area contributed by atoms with Crippen LogP contribution in [0, 0.1) is 5.82 Å². The Hall–Kier alpha value is -3.70. The van der Waals surface area contributed by atoms with Gasteiger partial charge in [0.15, 0.2) is 5.65 Å². The summed E-state index contributed by atoms with van der Waals surface area (Å²) in [6.07, 6.45) is 8.76. The van der Waals surface area contributed by atoms with Gasteiger partial charge in [-0.1, -0.05) is 17.7 Å². The largest absolute Gasteiger partial charge is 0.264 e. The molecule has 0 atom stereocenters. The van der Waals surface area contributed by atoms with Crippen molar-refractivity contribution in [2.24, 2.45) is 0 Å². The van der Waals surface area contributed by atoms with Crippen LogP contribution in [0.15, 0.2) is 85.6 Å². The Morgan fingerprint density at radius 3 is 2.43 bits per heavy atom. The van der Waals surface area contributed by atoms with Crippen LogP contribution in [0.25, 0.3) is 44.5 Å². The second kappa shape index (κ2) is 7.61. The van der Waals surface area contributed by atoms with Crippen LogP contribution in [0.5, 0.6) is 0 Å². The number of benzene rings is 1. The molecule has 6 heteroatoms. The van der Waals surface area contributed by atoms with E-state index in [2.05, 4.69) is 19.9 Å². The van der Waals surface area contributed by atoms with E-state index in [1.165, 1.54) is 12.1 Å². The second-order valence-corrected chi connectivity index (χ2v) is 7.19. The lowest BCUT2D eigenvalue weighted by Gasteiger charge is -2.11. The Morgan fingerprint density at radius 1 is 0.733 bits per heavy atom. The molecule has 4 heterocycles. The third-order valence-corrected chi connectivity index (χ3v) is 5.07. The van der Waals surface area contributed by atoms with Gasteiger partial charge in [-0.25, -0.2) is 14.4 Å². The van der Waals surface area contributed by atoms with Gasteiger partial charge in [0.25, 0.3) is 0 Å². The van der Waals surface area contributed by atoms with Crippen LogP contribution < -0.4 is 0 Å². The van der Waals surface area contributed by atoms with Gasteiger partial charge in [-0.15, -0.1) is 0 Å². The van der Waals surface area contributed by atoms with Gasteiger partial charge in [0.1, 0.15) is 5.82 Å². The fraction of sp³-hybridized carbons (Fsp3) is 0. The highest BCUT2D eigenvalue weighted by molar-refractivity contribution is 6.30. The molecule has 144 valence electrons. The molecular formula is C24H14ClFN4. The van der Waals surface area contributed by atoms with Crippen molar-refractivity contribution in [1.82, 2.24) is 19.9 Å². The average molecular weight is 413 g/mol. The first-order valence-electron chi connectivity index (χ1n) is 9.26. The molecular weight excluding hydrogens is 399 g/mol. The van der Waals surface area contributed by atoms with Crippen molar-refractivity contribution in [1.29, 1.82) is 0 Å². The zero-order valence-electron chi connectivity index (χ0n) is 15.6. The van der Waals surface area contributed by atoms with E-state index in [1.54, 1.807) is 37.1 Å². The van der Waals surface area contributed by atoms with Gasteiger partial charge in [0.2, 0.25) is 0 Å². The molecule has 0 spiro atoms. The first-order valence-corrected chi connectivity index (χ1v) is 9.64. The average Bonchev–Trinajstić information content (AvgIpc) is 2.80. The van der Waals surface area contributed by atoms with Crippen molar-refractivity contribution in [3.05, 3.63) is 96.4 Å². The summed E-state index contributed by atoms with van der Waals surface area (Å²) in [5.74, 6) is -0.393. The summed E-state index contributed by atoms with van der Waals surface area (Å²) in [6, 6.07) is 16.0. The Bertz CT molecular complexity index is 1370. The molecule has 0 N–H and O–H groups in total. The molecule has 0 aliphatic carbocycles. The molecule has 0 bridgehead atoms. The van der Waals surface area contributed by atoms with Crippen molar-refractivity contribution >= 4 is 22.6 Å². The molecule has 4 aromatic heterocycles. The molecule has 1 aromatic carbocycles. The summed E-state index contributed by atoms with van der Waals surface area (Å²) >= 11 is 6.10. The number of fused-ring (bicyclic) bond motifs is 1. The number of hydrogen-bond acceptors (Lipinski definition) is 4. The molecule has 0 saturated carbocycles. The number of rotatable bonds is 3. The van der Waals surface area contributed by atoms with E-state index in [-0.39, 0.29) is 0 Å². The summed E-state index contributed by atoms with van der Waals surface area (Å²) in [4.78, 5) is 17.6. The molecule has 5 aromatic rings. The van der Waals surface area contributed by atoms with Gasteiger partial charge < -0.3 is 0 Å². The van der Waals surface area contributed by atoms with Crippen LogP contribution in [0.2, 0.25) is 5.02 Å². The Labute approximate surface area is 177 Å². The van der Waals surface area contributed by atoms with E-state index in [4.69, 9.17) is 11.6 Å². The van der Waals surface area contributed by atoms with Crippen molar-refractivity contribution in [2.45, 2.75) is 0 Å². The highest BCUT2D eigenvalue weighted by atomic mass is 35.5. The minimum Gasteiger partial charge on any atom is -0.264 e. The lowest BCUT2D eigenvalue weighted by molar-refractivity contribution is 0.631. The van der Waals surface area contributed by atoms with Crippen molar-refractivity contribution in [3.63, 3.8) is 0 Å². The summed E-state index contributed by atoms with van der Waals surface area (Å²) < 4.78 is 14.5. The van der Waals surface area contributed by atoms with Crippen molar-refractivity contribution in [2.75, 3.05) is 0 Å². The van der Waals surface area contributed by atoms with Crippen molar-refractivity contribution < 1.29 is 4.39 Å². The number of pyridine rings is 4. The van der Waals surface area contributed by atoms with Crippen LogP contribution in [0.1, 0.15) is 0 Å². The van der Waals surface area contributed by atoms with Gasteiger partial charge in [0, 0.05) is 63.6 Å². The van der Waals surface area contributed by atoms with Gasteiger partial charge in [0.05, 0.1) is 5.69 Å². The summed E-state index contributed by atoms with van der Waals surface area (Å²) in [7, 11) is 0. The van der Waals surface area contributed by atoms with E-state index in [0.29, 0.717) is 21.9 Å². The predicted molar refractivity (Wildman–Crippen MR) is 116 cm³/mol. The van der Waals surface area contributed by atoms with Crippen LogP contribution in [0.4, 0.5) is 4.39 Å². The van der Waals surface area contributed by atoms with Gasteiger partial charge >= 0.3 is 0 Å². The molecule has 0 radical (unpaired) electrons. The zero-order chi connectivity index (χ0) is 20.5. The SMILES string of the molecule is Fc1ccc(Cl)cc1-c1cc(-c2cncc(-c3cccnc3)c2)c2cccnc2n1. The van der Waals surface area contributed by atoms with E-state index >= 15 is 0 Å². The first kappa shape index (κ1) is 18.3. The van der Waals surface area contributed by atoms with E-state index in [1.807, 2.05) is 36.4 Å². The van der Waals surface area contributed by atoms with Gasteiger partial charge in [-0.2, -0.15) is 0 Å². The third-order valence-electron chi connectivity index (χ3n) is 4.83. The number of hydrogen-bond donors (Lipinski definition) is 0. The maximum Gasteiger partial charge on any atom is 0.160 e. The Kier molecular flexibility index (Phi) is 4.65. The molecule has 0 unspecified atom stereocenters. The quantitative estimate of drug-likeness (QED) is 0.353. The third kappa shape index (κ3) is 3.40. The Balaban J connectivity index is 1.74. The maximum absolute atomic E-state index is 14.5. The van der Waals surface area contributed by atoms with Crippen LogP contribution in [-0.4, -0.2) is 19.9 Å². The fourth-order valence-corrected chi connectivity index (χ4v) is 3.58. The smallest absolute Gasteiger partial charge is 0.160 e. The van der Waals surface area contributed by atoms with Gasteiger partial charge in [-0.05, 0) is 54.1 Å². The lowest BCUT2D eigenvalue weighted by atomic mass is 9.98. The molecule has 5 rings (SSSR count). The number of nitrogens with zero attached hydrogens (tertiary/aromatic N) is 4. The minimum absolute atomic E-state index is 0.327. The maximum atomic E-state index is 14.5. The van der Waals surface area contributed by atoms with E-state index in [9.17, 15) is 4.39 Å². The normalized spacial score (nSPS) is 11.0. The molecule has 0 fully saturated rings. The van der Waals surface area contributed by atoms with E-state index in [0.717, 1.165) is 27.6 Å². The van der Waals surface area contributed by atoms with Gasteiger partial charge in [-0.3, -0.25) is 9.97 Å². The van der Waals surface area contributed by atoms with Crippen LogP contribution >= 0.6 is 11.6 Å². The topological polar surface area (TPSA) is 51.6 Å². The summed E-state index contributed by atoms with van der Waals surface area (Å²) in [6.45, 7) is 0. The zero-order valence-corrected chi connectivity index (χ0v) is 16.4. The predicted octanol–water partition coefficient (Wildman–Crippen LogP) is 6.21. The Morgan fingerprint density at radius 2 is 1.57 bits per heavy atom. The van der Waals surface area contributed by atoms with Crippen molar-refractivity contribution in [3.8, 4) is 33.5 Å². The minimum atomic E-state index is -0.393. The number of halogens is 2. The fourth-order valence-electron chi connectivity index (χ4n) is 3.41. The summed E-state index contributed by atoms with van der Waals surface area (Å²) in [5.41, 5.74) is 4.95. The monoisotopic (exact) mass is 412 g/mol. The molecule has 0 aliphatic heterocycles. The lowest BCUT2D eigenvalue weighted by Crippen LogP contribution is -1.94. The highest BCUT2D eigenvalue weighted by Crippen LogP contribution is 2.34. The molecule has 4 nitrogen and oxygen atoms in total.